The molecule has 0 aliphatic heterocycles. The molecule has 1 aromatic carbocycles. The van der Waals surface area contributed by atoms with Gasteiger partial charge in [-0.1, -0.05) is 18.2 Å². The maximum Gasteiger partial charge on any atom is 0.264 e. The van der Waals surface area contributed by atoms with Crippen LogP contribution < -0.4 is 10.9 Å². The Labute approximate surface area is 129 Å². The van der Waals surface area contributed by atoms with Crippen molar-refractivity contribution >= 4 is 11.6 Å². The largest absolute Gasteiger partial charge is 0.322 e. The van der Waals surface area contributed by atoms with Crippen molar-refractivity contribution in [3.8, 4) is 0 Å². The van der Waals surface area contributed by atoms with Gasteiger partial charge in [-0.2, -0.15) is 0 Å². The van der Waals surface area contributed by atoms with Gasteiger partial charge in [0.15, 0.2) is 0 Å². The van der Waals surface area contributed by atoms with E-state index in [1.807, 2.05) is 51.1 Å². The van der Waals surface area contributed by atoms with Crippen LogP contribution in [0.15, 0.2) is 35.1 Å². The van der Waals surface area contributed by atoms with E-state index in [1.54, 1.807) is 4.57 Å². The summed E-state index contributed by atoms with van der Waals surface area (Å²) in [6, 6.07) is 9.75. The number of hydrogen-bond donors (Lipinski definition) is 1. The van der Waals surface area contributed by atoms with E-state index in [0.717, 1.165) is 35.3 Å². The van der Waals surface area contributed by atoms with Gasteiger partial charge >= 0.3 is 0 Å². The molecule has 0 saturated heterocycles. The van der Waals surface area contributed by atoms with Crippen LogP contribution in [-0.4, -0.2) is 10.5 Å². The van der Waals surface area contributed by atoms with E-state index in [4.69, 9.17) is 0 Å². The second kappa shape index (κ2) is 5.44. The van der Waals surface area contributed by atoms with E-state index in [1.165, 1.54) is 0 Å². The number of pyridine rings is 1. The zero-order valence-electron chi connectivity index (χ0n) is 13.1. The van der Waals surface area contributed by atoms with Gasteiger partial charge in [-0.3, -0.25) is 9.59 Å². The van der Waals surface area contributed by atoms with Crippen LogP contribution in [-0.2, 0) is 0 Å². The van der Waals surface area contributed by atoms with Gasteiger partial charge in [0, 0.05) is 17.4 Å². The van der Waals surface area contributed by atoms with Crippen molar-refractivity contribution in [2.75, 3.05) is 5.32 Å². The molecular formula is C18H20N2O2. The van der Waals surface area contributed by atoms with Crippen LogP contribution in [0.1, 0.15) is 46.1 Å². The molecule has 0 radical (unpaired) electrons. The number of aromatic nitrogens is 1. The topological polar surface area (TPSA) is 51.1 Å². The van der Waals surface area contributed by atoms with E-state index < -0.39 is 0 Å². The van der Waals surface area contributed by atoms with Crippen LogP contribution in [0.3, 0.4) is 0 Å². The number of benzene rings is 1. The van der Waals surface area contributed by atoms with Crippen molar-refractivity contribution < 1.29 is 4.79 Å². The van der Waals surface area contributed by atoms with E-state index >= 15 is 0 Å². The van der Waals surface area contributed by atoms with Crippen molar-refractivity contribution in [1.82, 2.24) is 4.57 Å². The standard InChI is InChI=1S/C18H20N2O2/c1-11-6-4-5-7-15(11)19-17(21)16-12(2)10-13(3)20(18(16)22)14-8-9-14/h4-7,10,14H,8-9H2,1-3H3,(H,19,21). The van der Waals surface area contributed by atoms with Crippen LogP contribution in [0.25, 0.3) is 0 Å². The molecule has 1 amide bonds. The Kier molecular flexibility index (Phi) is 3.61. The first-order chi connectivity index (χ1) is 10.5. The summed E-state index contributed by atoms with van der Waals surface area (Å²) in [5.74, 6) is -0.328. The Balaban J connectivity index is 2.01. The van der Waals surface area contributed by atoms with Crippen molar-refractivity contribution in [2.24, 2.45) is 0 Å². The number of aryl methyl sites for hydroxylation is 3. The van der Waals surface area contributed by atoms with E-state index in [2.05, 4.69) is 5.32 Å². The molecule has 1 N–H and O–H groups in total. The minimum Gasteiger partial charge on any atom is -0.322 e. The van der Waals surface area contributed by atoms with Gasteiger partial charge in [0.25, 0.3) is 11.5 Å². The number of carbonyl (C=O) groups is 1. The second-order valence-electron chi connectivity index (χ2n) is 6.02. The molecule has 0 atom stereocenters. The van der Waals surface area contributed by atoms with Gasteiger partial charge in [0.05, 0.1) is 0 Å². The van der Waals surface area contributed by atoms with Gasteiger partial charge < -0.3 is 9.88 Å². The van der Waals surface area contributed by atoms with Gasteiger partial charge in [-0.05, 0) is 56.9 Å². The number of nitrogens with zero attached hydrogens (tertiary/aromatic N) is 1. The van der Waals surface area contributed by atoms with Crippen LogP contribution >= 0.6 is 0 Å². The van der Waals surface area contributed by atoms with Crippen LogP contribution in [0.4, 0.5) is 5.69 Å². The molecular weight excluding hydrogens is 276 g/mol. The highest BCUT2D eigenvalue weighted by Gasteiger charge is 2.28. The fourth-order valence-corrected chi connectivity index (χ4v) is 2.87. The molecule has 1 fully saturated rings. The Morgan fingerprint density at radius 3 is 2.45 bits per heavy atom. The zero-order valence-corrected chi connectivity index (χ0v) is 13.1. The molecule has 114 valence electrons. The number of para-hydroxylation sites is 1. The number of anilines is 1. The third-order valence-electron chi connectivity index (χ3n) is 4.16. The number of amides is 1. The monoisotopic (exact) mass is 296 g/mol. The minimum absolute atomic E-state index is 0.175. The molecule has 0 unspecified atom stereocenters. The third-order valence-corrected chi connectivity index (χ3v) is 4.16. The Morgan fingerprint density at radius 2 is 1.82 bits per heavy atom. The SMILES string of the molecule is Cc1ccccc1NC(=O)c1c(C)cc(C)n(C2CC2)c1=O. The molecule has 22 heavy (non-hydrogen) atoms. The molecule has 1 aliphatic carbocycles. The fraction of sp³-hybridized carbons (Fsp3) is 0.333. The normalized spacial score (nSPS) is 14.0. The molecule has 1 aromatic heterocycles. The first-order valence-electron chi connectivity index (χ1n) is 7.58. The van der Waals surface area contributed by atoms with Crippen molar-refractivity contribution in [3.63, 3.8) is 0 Å². The summed E-state index contributed by atoms with van der Waals surface area (Å²) in [6.45, 7) is 5.67. The van der Waals surface area contributed by atoms with E-state index in [0.29, 0.717) is 0 Å². The smallest absolute Gasteiger partial charge is 0.264 e. The predicted octanol–water partition coefficient (Wildman–Crippen LogP) is 3.36. The summed E-state index contributed by atoms with van der Waals surface area (Å²) in [4.78, 5) is 25.3. The first-order valence-corrected chi connectivity index (χ1v) is 7.58. The molecule has 3 rings (SSSR count). The lowest BCUT2D eigenvalue weighted by molar-refractivity contribution is 0.102. The zero-order chi connectivity index (χ0) is 15.9. The average Bonchev–Trinajstić information content (AvgIpc) is 3.25. The van der Waals surface area contributed by atoms with Gasteiger partial charge in [-0.25, -0.2) is 0 Å². The maximum absolute atomic E-state index is 12.7. The quantitative estimate of drug-likeness (QED) is 0.944. The summed E-state index contributed by atoms with van der Waals surface area (Å²) in [5, 5.41) is 2.86. The molecule has 1 heterocycles. The van der Waals surface area contributed by atoms with Crippen LogP contribution in [0.2, 0.25) is 0 Å². The van der Waals surface area contributed by atoms with Crippen LogP contribution in [0.5, 0.6) is 0 Å². The van der Waals surface area contributed by atoms with Crippen molar-refractivity contribution in [2.45, 2.75) is 39.7 Å². The van der Waals surface area contributed by atoms with Crippen LogP contribution in [0, 0.1) is 20.8 Å². The summed E-state index contributed by atoms with van der Waals surface area (Å²) < 4.78 is 1.76. The number of nitrogens with one attached hydrogen (secondary N) is 1. The van der Waals surface area contributed by atoms with E-state index in [-0.39, 0.29) is 23.1 Å². The predicted molar refractivity (Wildman–Crippen MR) is 87.6 cm³/mol. The summed E-state index contributed by atoms with van der Waals surface area (Å²) in [6.07, 6.45) is 2.03. The first kappa shape index (κ1) is 14.6. The molecule has 4 heteroatoms. The fourth-order valence-electron chi connectivity index (χ4n) is 2.87. The highest BCUT2D eigenvalue weighted by atomic mass is 16.2. The van der Waals surface area contributed by atoms with Crippen molar-refractivity contribution in [1.29, 1.82) is 0 Å². The van der Waals surface area contributed by atoms with Gasteiger partial charge in [0.1, 0.15) is 5.56 Å². The second-order valence-corrected chi connectivity index (χ2v) is 6.02. The average molecular weight is 296 g/mol. The summed E-state index contributed by atoms with van der Waals surface area (Å²) >= 11 is 0. The number of carbonyl (C=O) groups excluding carboxylic acids is 1. The minimum atomic E-state index is -0.328. The lowest BCUT2D eigenvalue weighted by Crippen LogP contribution is -2.31. The number of hydrogen-bond acceptors (Lipinski definition) is 2. The Hall–Kier alpha value is -2.36. The van der Waals surface area contributed by atoms with Gasteiger partial charge in [0.2, 0.25) is 0 Å². The number of rotatable bonds is 3. The molecule has 2 aromatic rings. The molecule has 1 saturated carbocycles. The lowest BCUT2D eigenvalue weighted by atomic mass is 10.1. The molecule has 4 nitrogen and oxygen atoms in total. The lowest BCUT2D eigenvalue weighted by Gasteiger charge is -2.14. The Morgan fingerprint density at radius 1 is 1.14 bits per heavy atom. The van der Waals surface area contributed by atoms with E-state index in [9.17, 15) is 9.59 Å². The maximum atomic E-state index is 12.7. The summed E-state index contributed by atoms with van der Waals surface area (Å²) in [7, 11) is 0. The highest BCUT2D eigenvalue weighted by molar-refractivity contribution is 6.05. The molecule has 0 bridgehead atoms. The van der Waals surface area contributed by atoms with Crippen molar-refractivity contribution in [3.05, 3.63) is 63.1 Å². The molecule has 1 aliphatic rings. The highest BCUT2D eigenvalue weighted by Crippen LogP contribution is 2.34. The molecule has 0 spiro atoms. The Bertz CT molecular complexity index is 801. The van der Waals surface area contributed by atoms with Gasteiger partial charge in [-0.15, -0.1) is 0 Å². The summed E-state index contributed by atoms with van der Waals surface area (Å²) in [5.41, 5.74) is 3.45. The third kappa shape index (κ3) is 2.56.